The molecule has 1 fully saturated rings. The molecule has 0 aliphatic carbocycles. The number of aldehydes is 1. The van der Waals surface area contributed by atoms with Crippen LogP contribution in [-0.2, 0) is 6.54 Å². The molecule has 1 aromatic heterocycles. The van der Waals surface area contributed by atoms with Gasteiger partial charge in [0.1, 0.15) is 0 Å². The van der Waals surface area contributed by atoms with Gasteiger partial charge >= 0.3 is 6.09 Å². The van der Waals surface area contributed by atoms with Gasteiger partial charge in [0.25, 0.3) is 0 Å². The Kier molecular flexibility index (Phi) is 5.02. The summed E-state index contributed by atoms with van der Waals surface area (Å²) in [6.45, 7) is 1.82. The first kappa shape index (κ1) is 18.1. The number of amides is 1. The van der Waals surface area contributed by atoms with Gasteiger partial charge in [-0.25, -0.2) is 4.79 Å². The van der Waals surface area contributed by atoms with Gasteiger partial charge in [-0.05, 0) is 36.6 Å². The lowest BCUT2D eigenvalue weighted by Gasteiger charge is -2.39. The van der Waals surface area contributed by atoms with E-state index in [4.69, 9.17) is 0 Å². The molecule has 6 heteroatoms. The van der Waals surface area contributed by atoms with Crippen LogP contribution in [0.1, 0.15) is 28.8 Å². The molecule has 4 rings (SSSR count). The fourth-order valence-electron chi connectivity index (χ4n) is 3.99. The van der Waals surface area contributed by atoms with E-state index < -0.39 is 6.09 Å². The molecule has 1 amide bonds. The largest absolute Gasteiger partial charge is 0.465 e. The van der Waals surface area contributed by atoms with E-state index in [9.17, 15) is 14.7 Å². The first-order valence-corrected chi connectivity index (χ1v) is 9.50. The van der Waals surface area contributed by atoms with Crippen molar-refractivity contribution in [3.8, 4) is 0 Å². The van der Waals surface area contributed by atoms with E-state index >= 15 is 0 Å². The van der Waals surface area contributed by atoms with E-state index in [1.807, 2.05) is 24.3 Å². The number of nitrogens with one attached hydrogen (secondary N) is 1. The Morgan fingerprint density at radius 1 is 1.18 bits per heavy atom. The van der Waals surface area contributed by atoms with Crippen molar-refractivity contribution < 1.29 is 14.7 Å². The number of rotatable bonds is 5. The minimum absolute atomic E-state index is 0.242. The number of benzene rings is 2. The van der Waals surface area contributed by atoms with Crippen LogP contribution in [0, 0.1) is 0 Å². The van der Waals surface area contributed by atoms with Gasteiger partial charge in [0, 0.05) is 54.0 Å². The van der Waals surface area contributed by atoms with E-state index in [0.29, 0.717) is 18.7 Å². The third kappa shape index (κ3) is 3.58. The third-order valence-electron chi connectivity index (χ3n) is 5.53. The molecule has 6 nitrogen and oxygen atoms in total. The van der Waals surface area contributed by atoms with Crippen LogP contribution in [0.4, 0.5) is 10.5 Å². The molecule has 1 aliphatic heterocycles. The van der Waals surface area contributed by atoms with Crippen LogP contribution in [0.5, 0.6) is 0 Å². The van der Waals surface area contributed by atoms with Gasteiger partial charge in [-0.1, -0.05) is 30.3 Å². The van der Waals surface area contributed by atoms with Gasteiger partial charge < -0.3 is 19.9 Å². The lowest BCUT2D eigenvalue weighted by Crippen LogP contribution is -2.46. The fourth-order valence-corrected chi connectivity index (χ4v) is 3.99. The normalized spacial score (nSPS) is 14.9. The SMILES string of the molecule is O=Cc1c[nH]c2ccc(N(Cc3ccccc3)C3CCN(C(=O)O)CC3)cc12. The second-order valence-electron chi connectivity index (χ2n) is 7.21. The molecule has 1 aliphatic rings. The molecule has 0 saturated carbocycles. The molecule has 1 saturated heterocycles. The lowest BCUT2D eigenvalue weighted by molar-refractivity contribution is 0.112. The summed E-state index contributed by atoms with van der Waals surface area (Å²) in [5, 5.41) is 10.2. The topological polar surface area (TPSA) is 76.6 Å². The Bertz CT molecular complexity index is 975. The number of likely N-dealkylation sites (tertiary alicyclic amines) is 1. The molecule has 2 aromatic carbocycles. The summed E-state index contributed by atoms with van der Waals surface area (Å²) in [7, 11) is 0. The summed E-state index contributed by atoms with van der Waals surface area (Å²) in [5.74, 6) is 0. The standard InChI is InChI=1S/C22H23N3O3/c26-15-17-13-23-21-7-6-19(12-20(17)21)25(14-16-4-2-1-3-5-16)18-8-10-24(11-9-18)22(27)28/h1-7,12-13,15,18,23H,8-11,14H2,(H,27,28). The van der Waals surface area contributed by atoms with Crippen LogP contribution in [0.3, 0.4) is 0 Å². The average molecular weight is 377 g/mol. The molecule has 0 bridgehead atoms. The van der Waals surface area contributed by atoms with E-state index in [0.717, 1.165) is 42.3 Å². The zero-order valence-corrected chi connectivity index (χ0v) is 15.5. The third-order valence-corrected chi connectivity index (χ3v) is 5.53. The molecule has 3 aromatic rings. The lowest BCUT2D eigenvalue weighted by atomic mass is 10.0. The van der Waals surface area contributed by atoms with Crippen LogP contribution in [-0.4, -0.2) is 46.5 Å². The number of H-pyrrole nitrogens is 1. The van der Waals surface area contributed by atoms with Gasteiger partial charge in [0.05, 0.1) is 0 Å². The van der Waals surface area contributed by atoms with Crippen molar-refractivity contribution in [1.29, 1.82) is 0 Å². The number of carbonyl (C=O) groups is 2. The maximum atomic E-state index is 11.4. The first-order chi connectivity index (χ1) is 13.7. The summed E-state index contributed by atoms with van der Waals surface area (Å²) in [6, 6.07) is 16.6. The number of hydrogen-bond donors (Lipinski definition) is 2. The summed E-state index contributed by atoms with van der Waals surface area (Å²) < 4.78 is 0. The van der Waals surface area contributed by atoms with E-state index in [-0.39, 0.29) is 6.04 Å². The number of hydrogen-bond acceptors (Lipinski definition) is 3. The number of carbonyl (C=O) groups excluding carboxylic acids is 1. The van der Waals surface area contributed by atoms with Crippen molar-refractivity contribution in [3.63, 3.8) is 0 Å². The Labute approximate surface area is 163 Å². The smallest absolute Gasteiger partial charge is 0.407 e. The molecule has 0 spiro atoms. The minimum atomic E-state index is -0.850. The average Bonchev–Trinajstić information content (AvgIpc) is 3.15. The number of piperidine rings is 1. The van der Waals surface area contributed by atoms with E-state index in [1.165, 1.54) is 10.5 Å². The van der Waals surface area contributed by atoms with E-state index in [2.05, 4.69) is 34.1 Å². The van der Waals surface area contributed by atoms with Crippen LogP contribution < -0.4 is 4.90 Å². The highest BCUT2D eigenvalue weighted by Crippen LogP contribution is 2.29. The van der Waals surface area contributed by atoms with Gasteiger partial charge in [-0.15, -0.1) is 0 Å². The highest BCUT2D eigenvalue weighted by Gasteiger charge is 2.27. The first-order valence-electron chi connectivity index (χ1n) is 9.50. The van der Waals surface area contributed by atoms with Crippen LogP contribution >= 0.6 is 0 Å². The summed E-state index contributed by atoms with van der Waals surface area (Å²) in [5.41, 5.74) is 3.84. The second-order valence-corrected chi connectivity index (χ2v) is 7.21. The zero-order valence-electron chi connectivity index (χ0n) is 15.5. The molecule has 28 heavy (non-hydrogen) atoms. The molecule has 0 unspecified atom stereocenters. The monoisotopic (exact) mass is 377 g/mol. The molecular formula is C22H23N3O3. The Morgan fingerprint density at radius 3 is 2.61 bits per heavy atom. The molecule has 0 radical (unpaired) electrons. The number of nitrogens with zero attached hydrogens (tertiary/aromatic N) is 2. The van der Waals surface area contributed by atoms with Crippen molar-refractivity contribution in [2.45, 2.75) is 25.4 Å². The van der Waals surface area contributed by atoms with Crippen LogP contribution in [0.2, 0.25) is 0 Å². The summed E-state index contributed by atoms with van der Waals surface area (Å²) in [4.78, 5) is 29.6. The number of aromatic nitrogens is 1. The van der Waals surface area contributed by atoms with Gasteiger partial charge in [0.15, 0.2) is 6.29 Å². The predicted molar refractivity (Wildman–Crippen MR) is 109 cm³/mol. The fraction of sp³-hybridized carbons (Fsp3) is 0.273. The van der Waals surface area contributed by atoms with Crippen molar-refractivity contribution in [3.05, 3.63) is 65.9 Å². The molecular weight excluding hydrogens is 354 g/mol. The molecule has 2 N–H and O–H groups in total. The highest BCUT2D eigenvalue weighted by molar-refractivity contribution is 5.98. The molecule has 0 atom stereocenters. The molecule has 144 valence electrons. The van der Waals surface area contributed by atoms with Gasteiger partial charge in [-0.2, -0.15) is 0 Å². The van der Waals surface area contributed by atoms with Gasteiger partial charge in [-0.3, -0.25) is 4.79 Å². The van der Waals surface area contributed by atoms with Crippen molar-refractivity contribution in [2.75, 3.05) is 18.0 Å². The van der Waals surface area contributed by atoms with E-state index in [1.54, 1.807) is 6.20 Å². The van der Waals surface area contributed by atoms with Crippen molar-refractivity contribution in [2.24, 2.45) is 0 Å². The number of fused-ring (bicyclic) bond motifs is 1. The zero-order chi connectivity index (χ0) is 19.5. The van der Waals surface area contributed by atoms with Gasteiger partial charge in [0.2, 0.25) is 0 Å². The number of aromatic amines is 1. The number of anilines is 1. The van der Waals surface area contributed by atoms with Crippen LogP contribution in [0.25, 0.3) is 10.9 Å². The predicted octanol–water partition coefficient (Wildman–Crippen LogP) is 4.13. The summed E-state index contributed by atoms with van der Waals surface area (Å²) >= 11 is 0. The maximum absolute atomic E-state index is 11.4. The van der Waals surface area contributed by atoms with Crippen LogP contribution in [0.15, 0.2) is 54.7 Å². The number of carboxylic acid groups (broad SMARTS) is 1. The second kappa shape index (κ2) is 7.76. The maximum Gasteiger partial charge on any atom is 0.407 e. The quantitative estimate of drug-likeness (QED) is 0.656. The highest BCUT2D eigenvalue weighted by atomic mass is 16.4. The Hall–Kier alpha value is -3.28. The van der Waals surface area contributed by atoms with Crippen molar-refractivity contribution in [1.82, 2.24) is 9.88 Å². The Balaban J connectivity index is 1.66. The minimum Gasteiger partial charge on any atom is -0.465 e. The van der Waals surface area contributed by atoms with Crippen molar-refractivity contribution >= 4 is 29.0 Å². The summed E-state index contributed by atoms with van der Waals surface area (Å²) in [6.07, 6.45) is 3.32. The Morgan fingerprint density at radius 2 is 1.93 bits per heavy atom. The molecule has 2 heterocycles.